The first-order valence-electron chi connectivity index (χ1n) is 8.82. The van der Waals surface area contributed by atoms with E-state index in [2.05, 4.69) is 4.72 Å². The molecule has 3 fully saturated rings. The second kappa shape index (κ2) is 6.87. The number of sulfonamides is 1. The van der Waals surface area contributed by atoms with Crippen LogP contribution >= 0.6 is 0 Å². The summed E-state index contributed by atoms with van der Waals surface area (Å²) in [4.78, 5) is 13.9. The summed E-state index contributed by atoms with van der Waals surface area (Å²) in [5, 5.41) is 0. The van der Waals surface area contributed by atoms with Crippen molar-refractivity contribution in [1.29, 1.82) is 0 Å². The lowest BCUT2D eigenvalue weighted by Crippen LogP contribution is -2.47. The highest BCUT2D eigenvalue weighted by atomic mass is 32.2. The fraction of sp³-hybridized carbons (Fsp3) is 0.938. The monoisotopic (exact) mass is 328 g/mol. The number of piperidine rings is 1. The molecule has 126 valence electrons. The average Bonchev–Trinajstić information content (AvgIpc) is 3.21. The van der Waals surface area contributed by atoms with Crippen LogP contribution in [0.1, 0.15) is 57.8 Å². The third kappa shape index (κ3) is 4.44. The van der Waals surface area contributed by atoms with Gasteiger partial charge in [-0.2, -0.15) is 0 Å². The molecule has 5 nitrogen and oxygen atoms in total. The summed E-state index contributed by atoms with van der Waals surface area (Å²) < 4.78 is 27.3. The summed E-state index contributed by atoms with van der Waals surface area (Å²) in [7, 11) is -3.16. The lowest BCUT2D eigenvalue weighted by molar-refractivity contribution is -0.133. The van der Waals surface area contributed by atoms with E-state index < -0.39 is 10.0 Å². The standard InChI is InChI=1S/C16H28N2O3S/c19-16(14-5-6-14)18-10-7-15(8-11-18)17-22(20,21)12-9-13-3-1-2-4-13/h13-15,17H,1-12H2. The van der Waals surface area contributed by atoms with Gasteiger partial charge in [-0.25, -0.2) is 13.1 Å². The smallest absolute Gasteiger partial charge is 0.225 e. The molecule has 3 aliphatic rings. The Bertz CT molecular complexity index is 488. The molecule has 1 heterocycles. The van der Waals surface area contributed by atoms with E-state index in [1.165, 1.54) is 25.7 Å². The second-order valence-electron chi connectivity index (χ2n) is 7.25. The first kappa shape index (κ1) is 16.2. The van der Waals surface area contributed by atoms with Gasteiger partial charge in [0.25, 0.3) is 0 Å². The van der Waals surface area contributed by atoms with Crippen LogP contribution in [0.3, 0.4) is 0 Å². The van der Waals surface area contributed by atoms with Gasteiger partial charge < -0.3 is 4.90 Å². The molecule has 0 bridgehead atoms. The van der Waals surface area contributed by atoms with Gasteiger partial charge in [0, 0.05) is 25.0 Å². The number of likely N-dealkylation sites (tertiary alicyclic amines) is 1. The van der Waals surface area contributed by atoms with E-state index in [-0.39, 0.29) is 23.6 Å². The number of carbonyl (C=O) groups excluding carboxylic acids is 1. The molecule has 0 atom stereocenters. The van der Waals surface area contributed by atoms with Crippen molar-refractivity contribution in [3.63, 3.8) is 0 Å². The van der Waals surface area contributed by atoms with Crippen molar-refractivity contribution >= 4 is 15.9 Å². The topological polar surface area (TPSA) is 66.5 Å². The van der Waals surface area contributed by atoms with Gasteiger partial charge in [-0.15, -0.1) is 0 Å². The predicted molar refractivity (Wildman–Crippen MR) is 85.8 cm³/mol. The molecular weight excluding hydrogens is 300 g/mol. The zero-order chi connectivity index (χ0) is 15.6. The molecule has 2 aliphatic carbocycles. The highest BCUT2D eigenvalue weighted by molar-refractivity contribution is 7.89. The number of hydrogen-bond donors (Lipinski definition) is 1. The highest BCUT2D eigenvalue weighted by Crippen LogP contribution is 2.32. The van der Waals surface area contributed by atoms with E-state index in [0.717, 1.165) is 32.1 Å². The first-order chi connectivity index (χ1) is 10.5. The van der Waals surface area contributed by atoms with E-state index >= 15 is 0 Å². The highest BCUT2D eigenvalue weighted by Gasteiger charge is 2.35. The van der Waals surface area contributed by atoms with Gasteiger partial charge in [0.15, 0.2) is 0 Å². The van der Waals surface area contributed by atoms with E-state index in [0.29, 0.717) is 19.0 Å². The van der Waals surface area contributed by atoms with Crippen molar-refractivity contribution in [3.05, 3.63) is 0 Å². The van der Waals surface area contributed by atoms with Gasteiger partial charge >= 0.3 is 0 Å². The molecule has 2 saturated carbocycles. The van der Waals surface area contributed by atoms with E-state index in [4.69, 9.17) is 0 Å². The Hall–Kier alpha value is -0.620. The minimum Gasteiger partial charge on any atom is -0.342 e. The van der Waals surface area contributed by atoms with Gasteiger partial charge in [0.2, 0.25) is 15.9 Å². The fourth-order valence-electron chi connectivity index (χ4n) is 3.74. The van der Waals surface area contributed by atoms with Crippen molar-refractivity contribution in [1.82, 2.24) is 9.62 Å². The van der Waals surface area contributed by atoms with Crippen LogP contribution in [0.4, 0.5) is 0 Å². The molecule has 1 N–H and O–H groups in total. The summed E-state index contributed by atoms with van der Waals surface area (Å²) >= 11 is 0. The van der Waals surface area contributed by atoms with E-state index in [1.807, 2.05) is 4.90 Å². The number of carbonyl (C=O) groups is 1. The second-order valence-corrected chi connectivity index (χ2v) is 9.12. The predicted octanol–water partition coefficient (Wildman–Crippen LogP) is 1.89. The Kier molecular flexibility index (Phi) is 5.07. The van der Waals surface area contributed by atoms with Gasteiger partial charge in [-0.1, -0.05) is 25.7 Å². The van der Waals surface area contributed by atoms with Crippen molar-refractivity contribution in [2.75, 3.05) is 18.8 Å². The summed E-state index contributed by atoms with van der Waals surface area (Å²) in [5.41, 5.74) is 0. The third-order valence-electron chi connectivity index (χ3n) is 5.35. The van der Waals surface area contributed by atoms with Crippen LogP contribution in [0.5, 0.6) is 0 Å². The molecule has 1 saturated heterocycles. The molecule has 1 aliphatic heterocycles. The van der Waals surface area contributed by atoms with Crippen LogP contribution in [-0.2, 0) is 14.8 Å². The van der Waals surface area contributed by atoms with Crippen molar-refractivity contribution in [2.24, 2.45) is 11.8 Å². The molecule has 22 heavy (non-hydrogen) atoms. The Morgan fingerprint density at radius 3 is 2.23 bits per heavy atom. The molecule has 3 rings (SSSR count). The Morgan fingerprint density at radius 1 is 1.00 bits per heavy atom. The van der Waals surface area contributed by atoms with Crippen LogP contribution in [0.2, 0.25) is 0 Å². The van der Waals surface area contributed by atoms with Crippen molar-refractivity contribution in [3.8, 4) is 0 Å². The molecule has 1 amide bonds. The third-order valence-corrected chi connectivity index (χ3v) is 6.81. The lowest BCUT2D eigenvalue weighted by atomic mass is 10.1. The fourth-order valence-corrected chi connectivity index (χ4v) is 5.24. The normalized spacial score (nSPS) is 24.8. The molecule has 0 aromatic heterocycles. The van der Waals surface area contributed by atoms with E-state index in [1.54, 1.807) is 0 Å². The summed E-state index contributed by atoms with van der Waals surface area (Å²) in [6.45, 7) is 1.40. The minimum atomic E-state index is -3.16. The van der Waals surface area contributed by atoms with Crippen LogP contribution in [0.15, 0.2) is 0 Å². The van der Waals surface area contributed by atoms with Gasteiger partial charge in [0.1, 0.15) is 0 Å². The van der Waals surface area contributed by atoms with Crippen molar-refractivity contribution < 1.29 is 13.2 Å². The van der Waals surface area contributed by atoms with Gasteiger partial charge in [-0.3, -0.25) is 4.79 Å². The maximum absolute atomic E-state index is 12.2. The Labute approximate surface area is 133 Å². The maximum Gasteiger partial charge on any atom is 0.225 e. The Morgan fingerprint density at radius 2 is 1.64 bits per heavy atom. The van der Waals surface area contributed by atoms with E-state index in [9.17, 15) is 13.2 Å². The molecule has 0 radical (unpaired) electrons. The molecule has 0 unspecified atom stereocenters. The number of nitrogens with one attached hydrogen (secondary N) is 1. The molecule has 0 aromatic carbocycles. The largest absolute Gasteiger partial charge is 0.342 e. The van der Waals surface area contributed by atoms with Crippen LogP contribution in [-0.4, -0.2) is 44.1 Å². The molecule has 0 spiro atoms. The first-order valence-corrected chi connectivity index (χ1v) is 10.5. The number of amides is 1. The molecular formula is C16H28N2O3S. The number of hydrogen-bond acceptors (Lipinski definition) is 3. The molecule has 6 heteroatoms. The summed E-state index contributed by atoms with van der Waals surface area (Å²) in [6.07, 6.45) is 9.27. The summed E-state index contributed by atoms with van der Waals surface area (Å²) in [6, 6.07) is 0.0110. The van der Waals surface area contributed by atoms with Crippen LogP contribution in [0.25, 0.3) is 0 Å². The van der Waals surface area contributed by atoms with Crippen molar-refractivity contribution in [2.45, 2.75) is 63.8 Å². The number of rotatable bonds is 6. The quantitative estimate of drug-likeness (QED) is 0.809. The average molecular weight is 328 g/mol. The summed E-state index contributed by atoms with van der Waals surface area (Å²) in [5.74, 6) is 1.41. The van der Waals surface area contributed by atoms with Crippen LogP contribution < -0.4 is 4.72 Å². The van der Waals surface area contributed by atoms with Crippen LogP contribution in [0, 0.1) is 11.8 Å². The van der Waals surface area contributed by atoms with Gasteiger partial charge in [-0.05, 0) is 38.0 Å². The number of nitrogens with zero attached hydrogens (tertiary/aromatic N) is 1. The lowest BCUT2D eigenvalue weighted by Gasteiger charge is -2.32. The Balaban J connectivity index is 1.40. The SMILES string of the molecule is O=C(C1CC1)N1CCC(NS(=O)(=O)CCC2CCCC2)CC1. The van der Waals surface area contributed by atoms with Gasteiger partial charge in [0.05, 0.1) is 5.75 Å². The zero-order valence-corrected chi connectivity index (χ0v) is 14.1. The maximum atomic E-state index is 12.2. The minimum absolute atomic E-state index is 0.0110. The molecule has 0 aromatic rings. The zero-order valence-electron chi connectivity index (χ0n) is 13.3.